The van der Waals surface area contributed by atoms with Crippen LogP contribution in [0.5, 0.6) is 0 Å². The number of benzene rings is 1. The van der Waals surface area contributed by atoms with Crippen molar-refractivity contribution in [3.8, 4) is 11.6 Å². The quantitative estimate of drug-likeness (QED) is 0.595. The Morgan fingerprint density at radius 2 is 2.04 bits per heavy atom. The molecule has 1 N–H and O–H groups in total. The van der Waals surface area contributed by atoms with Gasteiger partial charge in [0, 0.05) is 13.1 Å². The first-order valence-corrected chi connectivity index (χ1v) is 9.62. The molecule has 0 atom stereocenters. The molecule has 0 aliphatic rings. The third-order valence-corrected chi connectivity index (χ3v) is 4.71. The van der Waals surface area contributed by atoms with Crippen molar-refractivity contribution in [2.75, 3.05) is 5.75 Å². The van der Waals surface area contributed by atoms with Gasteiger partial charge >= 0.3 is 0 Å². The van der Waals surface area contributed by atoms with Gasteiger partial charge in [0.05, 0.1) is 12.0 Å². The van der Waals surface area contributed by atoms with E-state index in [9.17, 15) is 9.18 Å². The van der Waals surface area contributed by atoms with Crippen molar-refractivity contribution >= 4 is 17.7 Å². The highest BCUT2D eigenvalue weighted by molar-refractivity contribution is 7.99. The lowest BCUT2D eigenvalue weighted by Crippen LogP contribution is -2.24. The lowest BCUT2D eigenvalue weighted by Gasteiger charge is -2.11. The number of furan rings is 1. The Morgan fingerprint density at radius 1 is 1.26 bits per heavy atom. The SMILES string of the molecule is CC(C)Cn1c(SCC(=O)NCc2ccc(F)cc2)nnc1-c1ccco1. The van der Waals surface area contributed by atoms with Gasteiger partial charge in [0.1, 0.15) is 5.82 Å². The molecule has 0 aliphatic heterocycles. The molecule has 2 aromatic heterocycles. The van der Waals surface area contributed by atoms with Crippen molar-refractivity contribution in [1.29, 1.82) is 0 Å². The molecule has 0 spiro atoms. The lowest BCUT2D eigenvalue weighted by molar-refractivity contribution is -0.118. The van der Waals surface area contributed by atoms with Crippen molar-refractivity contribution in [2.24, 2.45) is 5.92 Å². The fraction of sp³-hybridized carbons (Fsp3) is 0.316. The summed E-state index contributed by atoms with van der Waals surface area (Å²) in [6.45, 7) is 5.30. The first kappa shape index (κ1) is 19.2. The minimum absolute atomic E-state index is 0.122. The molecule has 0 aliphatic carbocycles. The summed E-state index contributed by atoms with van der Waals surface area (Å²) in [5.74, 6) is 1.50. The summed E-state index contributed by atoms with van der Waals surface area (Å²) in [5.41, 5.74) is 0.845. The summed E-state index contributed by atoms with van der Waals surface area (Å²) >= 11 is 1.33. The van der Waals surface area contributed by atoms with Gasteiger partial charge in [0.2, 0.25) is 5.91 Å². The van der Waals surface area contributed by atoms with Gasteiger partial charge in [0.25, 0.3) is 0 Å². The monoisotopic (exact) mass is 388 g/mol. The topological polar surface area (TPSA) is 73.0 Å². The molecule has 142 valence electrons. The fourth-order valence-corrected chi connectivity index (χ4v) is 3.27. The van der Waals surface area contributed by atoms with Gasteiger partial charge in [-0.05, 0) is 35.7 Å². The Kier molecular flexibility index (Phi) is 6.28. The van der Waals surface area contributed by atoms with E-state index in [1.165, 1.54) is 23.9 Å². The van der Waals surface area contributed by atoms with E-state index < -0.39 is 0 Å². The maximum atomic E-state index is 12.9. The van der Waals surface area contributed by atoms with E-state index >= 15 is 0 Å². The number of carbonyl (C=O) groups excluding carboxylic acids is 1. The van der Waals surface area contributed by atoms with E-state index in [4.69, 9.17) is 4.42 Å². The Hall–Kier alpha value is -2.61. The van der Waals surface area contributed by atoms with Gasteiger partial charge in [-0.25, -0.2) is 4.39 Å². The molecule has 0 saturated carbocycles. The molecule has 6 nitrogen and oxygen atoms in total. The highest BCUT2D eigenvalue weighted by Gasteiger charge is 2.18. The van der Waals surface area contributed by atoms with E-state index in [1.54, 1.807) is 24.5 Å². The maximum Gasteiger partial charge on any atom is 0.230 e. The first-order chi connectivity index (χ1) is 13.0. The Bertz CT molecular complexity index is 876. The zero-order valence-corrected chi connectivity index (χ0v) is 16.0. The zero-order chi connectivity index (χ0) is 19.2. The molecular weight excluding hydrogens is 367 g/mol. The number of halogens is 1. The van der Waals surface area contributed by atoms with Crippen LogP contribution in [0, 0.1) is 11.7 Å². The Labute approximate surface area is 161 Å². The fourth-order valence-electron chi connectivity index (χ4n) is 2.50. The zero-order valence-electron chi connectivity index (χ0n) is 15.2. The molecule has 1 amide bonds. The molecule has 27 heavy (non-hydrogen) atoms. The molecular formula is C19H21FN4O2S. The summed E-state index contributed by atoms with van der Waals surface area (Å²) in [6, 6.07) is 9.70. The maximum absolute atomic E-state index is 12.9. The summed E-state index contributed by atoms with van der Waals surface area (Å²) in [7, 11) is 0. The average Bonchev–Trinajstić information content (AvgIpc) is 3.29. The van der Waals surface area contributed by atoms with Crippen molar-refractivity contribution in [2.45, 2.75) is 32.1 Å². The molecule has 3 aromatic rings. The minimum atomic E-state index is -0.294. The van der Waals surface area contributed by atoms with Crippen LogP contribution in [0.3, 0.4) is 0 Å². The predicted octanol–water partition coefficient (Wildman–Crippen LogP) is 3.74. The van der Waals surface area contributed by atoms with Crippen LogP contribution in [0.25, 0.3) is 11.6 Å². The van der Waals surface area contributed by atoms with Crippen molar-refractivity contribution in [1.82, 2.24) is 20.1 Å². The van der Waals surface area contributed by atoms with Crippen LogP contribution in [-0.4, -0.2) is 26.4 Å². The highest BCUT2D eigenvalue weighted by Crippen LogP contribution is 2.25. The predicted molar refractivity (Wildman–Crippen MR) is 102 cm³/mol. The van der Waals surface area contributed by atoms with Crippen molar-refractivity contribution < 1.29 is 13.6 Å². The molecule has 0 fully saturated rings. The van der Waals surface area contributed by atoms with E-state index in [2.05, 4.69) is 29.4 Å². The Balaban J connectivity index is 1.61. The van der Waals surface area contributed by atoms with Gasteiger partial charge in [-0.2, -0.15) is 0 Å². The van der Waals surface area contributed by atoms with E-state index in [0.29, 0.717) is 29.2 Å². The van der Waals surface area contributed by atoms with Crippen LogP contribution in [0.4, 0.5) is 4.39 Å². The number of amides is 1. The third kappa shape index (κ3) is 5.19. The molecule has 8 heteroatoms. The van der Waals surface area contributed by atoms with E-state index in [1.807, 2.05) is 10.6 Å². The number of aromatic nitrogens is 3. The van der Waals surface area contributed by atoms with Crippen LogP contribution in [-0.2, 0) is 17.9 Å². The molecule has 0 radical (unpaired) electrons. The van der Waals surface area contributed by atoms with Crippen LogP contribution in [0.1, 0.15) is 19.4 Å². The lowest BCUT2D eigenvalue weighted by atomic mass is 10.2. The molecule has 0 saturated heterocycles. The van der Waals surface area contributed by atoms with Crippen molar-refractivity contribution in [3.63, 3.8) is 0 Å². The molecule has 3 rings (SSSR count). The second-order valence-corrected chi connectivity index (χ2v) is 7.42. The summed E-state index contributed by atoms with van der Waals surface area (Å²) < 4.78 is 20.3. The van der Waals surface area contributed by atoms with Crippen molar-refractivity contribution in [3.05, 3.63) is 54.0 Å². The van der Waals surface area contributed by atoms with Gasteiger partial charge in [-0.15, -0.1) is 10.2 Å². The van der Waals surface area contributed by atoms with Gasteiger partial charge in [-0.3, -0.25) is 9.36 Å². The minimum Gasteiger partial charge on any atom is -0.461 e. The summed E-state index contributed by atoms with van der Waals surface area (Å²) in [6.07, 6.45) is 1.60. The number of nitrogens with one attached hydrogen (secondary N) is 1. The molecule has 2 heterocycles. The van der Waals surface area contributed by atoms with Crippen LogP contribution in [0.15, 0.2) is 52.2 Å². The molecule has 0 bridgehead atoms. The highest BCUT2D eigenvalue weighted by atomic mass is 32.2. The first-order valence-electron chi connectivity index (χ1n) is 8.64. The summed E-state index contributed by atoms with van der Waals surface area (Å²) in [4.78, 5) is 12.1. The third-order valence-electron chi connectivity index (χ3n) is 3.74. The number of hydrogen-bond acceptors (Lipinski definition) is 5. The number of hydrogen-bond donors (Lipinski definition) is 1. The smallest absolute Gasteiger partial charge is 0.230 e. The van der Waals surface area contributed by atoms with Gasteiger partial charge < -0.3 is 9.73 Å². The molecule has 1 aromatic carbocycles. The number of rotatable bonds is 8. The molecule has 0 unspecified atom stereocenters. The van der Waals surface area contributed by atoms with Crippen LogP contribution in [0.2, 0.25) is 0 Å². The second kappa shape index (κ2) is 8.85. The standard InChI is InChI=1S/C19H21FN4O2S/c1-13(2)11-24-18(16-4-3-9-26-16)22-23-19(24)27-12-17(25)21-10-14-5-7-15(20)8-6-14/h3-9,13H,10-12H2,1-2H3,(H,21,25). The number of thioether (sulfide) groups is 1. The van der Waals surface area contributed by atoms with E-state index in [0.717, 1.165) is 12.1 Å². The van der Waals surface area contributed by atoms with Gasteiger partial charge in [-0.1, -0.05) is 37.7 Å². The number of carbonyl (C=O) groups is 1. The normalized spacial score (nSPS) is 11.1. The van der Waals surface area contributed by atoms with Crippen LogP contribution >= 0.6 is 11.8 Å². The summed E-state index contributed by atoms with van der Waals surface area (Å²) in [5, 5.41) is 11.9. The second-order valence-electron chi connectivity index (χ2n) is 6.48. The Morgan fingerprint density at radius 3 is 2.70 bits per heavy atom. The number of nitrogens with zero attached hydrogens (tertiary/aromatic N) is 3. The largest absolute Gasteiger partial charge is 0.461 e. The van der Waals surface area contributed by atoms with Gasteiger partial charge in [0.15, 0.2) is 16.7 Å². The average molecular weight is 388 g/mol. The van der Waals surface area contributed by atoms with Crippen LogP contribution < -0.4 is 5.32 Å². The van der Waals surface area contributed by atoms with E-state index in [-0.39, 0.29) is 17.5 Å².